The van der Waals surface area contributed by atoms with Crippen LogP contribution in [-0.4, -0.2) is 31.4 Å². The molecule has 1 aromatic rings. The minimum absolute atomic E-state index is 0.402. The summed E-state index contributed by atoms with van der Waals surface area (Å²) in [5.74, 6) is -0.873. The van der Waals surface area contributed by atoms with Gasteiger partial charge in [-0.05, 0) is 10.8 Å². The SMILES string of the molecule is C[Si](C)(C)C1=CCO[C@]1(Cc1ccccc1)C(=O)O. The summed E-state index contributed by atoms with van der Waals surface area (Å²) in [6.45, 7) is 6.89. The molecule has 0 radical (unpaired) electrons. The van der Waals surface area contributed by atoms with E-state index in [9.17, 15) is 9.90 Å². The molecule has 1 heterocycles. The minimum atomic E-state index is -1.72. The summed E-state index contributed by atoms with van der Waals surface area (Å²) < 4.78 is 5.69. The van der Waals surface area contributed by atoms with Gasteiger partial charge in [0.2, 0.25) is 0 Å². The Morgan fingerprint density at radius 2 is 1.95 bits per heavy atom. The maximum atomic E-state index is 11.8. The Balaban J connectivity index is 2.40. The van der Waals surface area contributed by atoms with E-state index in [1.807, 2.05) is 36.4 Å². The molecule has 0 spiro atoms. The summed E-state index contributed by atoms with van der Waals surface area (Å²) in [4.78, 5) is 11.8. The summed E-state index contributed by atoms with van der Waals surface area (Å²) >= 11 is 0. The van der Waals surface area contributed by atoms with Crippen LogP contribution in [0.2, 0.25) is 19.6 Å². The van der Waals surface area contributed by atoms with Crippen molar-refractivity contribution in [2.45, 2.75) is 31.7 Å². The predicted octanol–water partition coefficient (Wildman–Crippen LogP) is 2.89. The number of carboxylic acids is 1. The molecule has 3 nitrogen and oxygen atoms in total. The Morgan fingerprint density at radius 3 is 2.47 bits per heavy atom. The molecule has 0 aliphatic carbocycles. The van der Waals surface area contributed by atoms with Crippen molar-refractivity contribution < 1.29 is 14.6 Å². The molecular weight excluding hydrogens is 256 g/mol. The maximum absolute atomic E-state index is 11.8. The first-order chi connectivity index (χ1) is 8.86. The molecule has 0 unspecified atom stereocenters. The number of carbonyl (C=O) groups is 1. The van der Waals surface area contributed by atoms with Gasteiger partial charge in [-0.15, -0.1) is 0 Å². The highest BCUT2D eigenvalue weighted by Gasteiger charge is 2.50. The number of carboxylic acid groups (broad SMARTS) is 1. The number of hydrogen-bond acceptors (Lipinski definition) is 2. The van der Waals surface area contributed by atoms with Gasteiger partial charge in [-0.25, -0.2) is 4.79 Å². The van der Waals surface area contributed by atoms with Crippen molar-refractivity contribution >= 4 is 14.0 Å². The van der Waals surface area contributed by atoms with Gasteiger partial charge in [0, 0.05) is 6.42 Å². The molecule has 1 aliphatic heterocycles. The summed E-state index contributed by atoms with van der Waals surface area (Å²) in [7, 11) is -1.72. The zero-order valence-corrected chi connectivity index (χ0v) is 12.6. The number of ether oxygens (including phenoxy) is 1. The Labute approximate surface area is 114 Å². The van der Waals surface area contributed by atoms with E-state index in [4.69, 9.17) is 4.74 Å². The fraction of sp³-hybridized carbons (Fsp3) is 0.400. The van der Waals surface area contributed by atoms with Gasteiger partial charge in [-0.2, -0.15) is 0 Å². The molecule has 1 aromatic carbocycles. The van der Waals surface area contributed by atoms with E-state index in [1.54, 1.807) is 0 Å². The van der Waals surface area contributed by atoms with Crippen LogP contribution in [0.3, 0.4) is 0 Å². The second kappa shape index (κ2) is 4.94. The van der Waals surface area contributed by atoms with Crippen molar-refractivity contribution in [1.29, 1.82) is 0 Å². The van der Waals surface area contributed by atoms with Crippen molar-refractivity contribution in [2.75, 3.05) is 6.61 Å². The monoisotopic (exact) mass is 276 g/mol. The molecule has 0 aromatic heterocycles. The first kappa shape index (κ1) is 14.0. The number of aliphatic carboxylic acids is 1. The Morgan fingerprint density at radius 1 is 1.32 bits per heavy atom. The zero-order valence-electron chi connectivity index (χ0n) is 11.6. The van der Waals surface area contributed by atoms with Crippen molar-refractivity contribution in [2.24, 2.45) is 0 Å². The average Bonchev–Trinajstić information content (AvgIpc) is 2.75. The molecule has 2 rings (SSSR count). The standard InChI is InChI=1S/C15H20O3Si/c1-19(2,3)13-9-10-18-15(13,14(16)17)11-12-7-5-4-6-8-12/h4-9H,10-11H2,1-3H3,(H,16,17)/t15-/m0/s1. The first-order valence-corrected chi connectivity index (χ1v) is 9.99. The highest BCUT2D eigenvalue weighted by Crippen LogP contribution is 2.37. The molecule has 0 saturated carbocycles. The van der Waals surface area contributed by atoms with Gasteiger partial charge in [0.1, 0.15) is 0 Å². The predicted molar refractivity (Wildman–Crippen MR) is 77.9 cm³/mol. The minimum Gasteiger partial charge on any atom is -0.479 e. The molecule has 1 atom stereocenters. The lowest BCUT2D eigenvalue weighted by Gasteiger charge is -2.33. The Kier molecular flexibility index (Phi) is 3.65. The van der Waals surface area contributed by atoms with Gasteiger partial charge in [0.15, 0.2) is 5.60 Å². The van der Waals surface area contributed by atoms with Crippen LogP contribution in [0.25, 0.3) is 0 Å². The van der Waals surface area contributed by atoms with Crippen molar-refractivity contribution in [3.8, 4) is 0 Å². The van der Waals surface area contributed by atoms with Crippen molar-refractivity contribution in [1.82, 2.24) is 0 Å². The first-order valence-electron chi connectivity index (χ1n) is 6.49. The van der Waals surface area contributed by atoms with Gasteiger partial charge >= 0.3 is 5.97 Å². The quantitative estimate of drug-likeness (QED) is 0.860. The molecule has 0 amide bonds. The van der Waals surface area contributed by atoms with Crippen molar-refractivity contribution in [3.63, 3.8) is 0 Å². The topological polar surface area (TPSA) is 46.5 Å². The lowest BCUT2D eigenvalue weighted by molar-refractivity contribution is -0.156. The van der Waals surface area contributed by atoms with Crippen LogP contribution in [0.4, 0.5) is 0 Å². The largest absolute Gasteiger partial charge is 0.479 e. The lowest BCUT2D eigenvalue weighted by atomic mass is 9.94. The molecule has 0 saturated heterocycles. The Bertz CT molecular complexity index is 502. The maximum Gasteiger partial charge on any atom is 0.340 e. The summed E-state index contributed by atoms with van der Waals surface area (Å²) in [6, 6.07) is 9.69. The van der Waals surface area contributed by atoms with Crippen LogP contribution in [0.5, 0.6) is 0 Å². The third-order valence-corrected chi connectivity index (χ3v) is 5.73. The number of benzene rings is 1. The fourth-order valence-corrected chi connectivity index (χ4v) is 4.88. The second-order valence-corrected chi connectivity index (χ2v) is 11.0. The van der Waals surface area contributed by atoms with Gasteiger partial charge in [0.05, 0.1) is 14.7 Å². The van der Waals surface area contributed by atoms with E-state index in [1.165, 1.54) is 0 Å². The molecule has 102 valence electrons. The normalized spacial score (nSPS) is 23.2. The summed E-state index contributed by atoms with van der Waals surface area (Å²) in [5.41, 5.74) is -0.165. The zero-order chi connectivity index (χ0) is 14.1. The molecule has 0 bridgehead atoms. The molecule has 19 heavy (non-hydrogen) atoms. The highest BCUT2D eigenvalue weighted by atomic mass is 28.3. The highest BCUT2D eigenvalue weighted by molar-refractivity contribution is 6.83. The van der Waals surface area contributed by atoms with Crippen LogP contribution >= 0.6 is 0 Å². The molecule has 1 aliphatic rings. The molecule has 4 heteroatoms. The van der Waals surface area contributed by atoms with Gasteiger partial charge in [0.25, 0.3) is 0 Å². The van der Waals surface area contributed by atoms with Crippen LogP contribution in [-0.2, 0) is 16.0 Å². The molecular formula is C15H20O3Si. The van der Waals surface area contributed by atoms with Gasteiger partial charge < -0.3 is 9.84 Å². The van der Waals surface area contributed by atoms with E-state index in [0.717, 1.165) is 10.8 Å². The molecule has 0 fully saturated rings. The average molecular weight is 276 g/mol. The molecule has 1 N–H and O–H groups in total. The lowest BCUT2D eigenvalue weighted by Crippen LogP contribution is -2.49. The van der Waals surface area contributed by atoms with E-state index in [-0.39, 0.29) is 0 Å². The second-order valence-electron chi connectivity index (χ2n) is 5.97. The van der Waals surface area contributed by atoms with Crippen LogP contribution in [0.1, 0.15) is 5.56 Å². The van der Waals surface area contributed by atoms with Gasteiger partial charge in [-0.3, -0.25) is 0 Å². The van der Waals surface area contributed by atoms with Crippen molar-refractivity contribution in [3.05, 3.63) is 47.2 Å². The number of rotatable bonds is 4. The van der Waals surface area contributed by atoms with E-state index in [0.29, 0.717) is 13.0 Å². The fourth-order valence-electron chi connectivity index (χ4n) is 2.70. The van der Waals surface area contributed by atoms with E-state index >= 15 is 0 Å². The Hall–Kier alpha value is -1.39. The van der Waals surface area contributed by atoms with E-state index in [2.05, 4.69) is 19.6 Å². The third-order valence-electron chi connectivity index (χ3n) is 3.50. The summed E-state index contributed by atoms with van der Waals surface area (Å²) in [5, 5.41) is 10.7. The third kappa shape index (κ3) is 2.64. The van der Waals surface area contributed by atoms with Crippen LogP contribution in [0, 0.1) is 0 Å². The smallest absolute Gasteiger partial charge is 0.340 e. The van der Waals surface area contributed by atoms with Crippen LogP contribution in [0.15, 0.2) is 41.6 Å². The van der Waals surface area contributed by atoms with Gasteiger partial charge in [-0.1, -0.05) is 56.0 Å². The number of hydrogen-bond donors (Lipinski definition) is 1. The van der Waals surface area contributed by atoms with E-state index < -0.39 is 19.6 Å². The summed E-state index contributed by atoms with van der Waals surface area (Å²) in [6.07, 6.45) is 2.38. The van der Waals surface area contributed by atoms with Crippen LogP contribution < -0.4 is 0 Å².